The van der Waals surface area contributed by atoms with Crippen molar-refractivity contribution in [1.29, 1.82) is 0 Å². The van der Waals surface area contributed by atoms with Crippen molar-refractivity contribution in [2.24, 2.45) is 0 Å². The first kappa shape index (κ1) is 21.7. The van der Waals surface area contributed by atoms with Gasteiger partial charge in [0.2, 0.25) is 0 Å². The smallest absolute Gasteiger partial charge is 0.425 e. The van der Waals surface area contributed by atoms with Crippen LogP contribution in [0.5, 0.6) is 0 Å². The fraction of sp³-hybridized carbons (Fsp3) is 0.118. The van der Waals surface area contributed by atoms with Gasteiger partial charge < -0.3 is 10.1 Å². The molecule has 0 spiro atoms. The van der Waals surface area contributed by atoms with Gasteiger partial charge >= 0.3 is 6.09 Å². The SMILES string of the molecule is COC(=O)NNC(=O)c1scc(C)c1NC(=O)c1cc(Br)nn1-c1ncccc1Cl. The van der Waals surface area contributed by atoms with Gasteiger partial charge in [0.15, 0.2) is 5.82 Å². The van der Waals surface area contributed by atoms with Crippen molar-refractivity contribution in [1.82, 2.24) is 25.6 Å². The van der Waals surface area contributed by atoms with E-state index >= 15 is 0 Å². The predicted molar refractivity (Wildman–Crippen MR) is 114 cm³/mol. The first-order valence-electron chi connectivity index (χ1n) is 8.22. The van der Waals surface area contributed by atoms with Gasteiger partial charge in [0, 0.05) is 12.3 Å². The molecular weight excluding hydrogens is 500 g/mol. The van der Waals surface area contributed by atoms with Crippen LogP contribution in [0.4, 0.5) is 10.5 Å². The van der Waals surface area contributed by atoms with Crippen LogP contribution in [0.15, 0.2) is 34.4 Å². The van der Waals surface area contributed by atoms with Gasteiger partial charge in [-0.1, -0.05) is 11.6 Å². The third kappa shape index (κ3) is 4.61. The van der Waals surface area contributed by atoms with E-state index in [2.05, 4.69) is 46.9 Å². The Hall–Kier alpha value is -2.96. The first-order valence-corrected chi connectivity index (χ1v) is 10.3. The van der Waals surface area contributed by atoms with E-state index in [1.165, 1.54) is 16.9 Å². The standard InChI is InChI=1S/C17H14BrClN6O4S/c1-8-7-30-13(16(27)22-23-17(28)29-2)12(8)21-15(26)10-6-11(18)24-25(10)14-9(19)4-3-5-20-14/h3-7H,1-2H3,(H,21,26)(H,22,27)(H,23,28). The molecule has 3 aromatic rings. The maximum atomic E-state index is 13.0. The van der Waals surface area contributed by atoms with Crippen LogP contribution in [0.3, 0.4) is 0 Å². The number of methoxy groups -OCH3 is 1. The highest BCUT2D eigenvalue weighted by molar-refractivity contribution is 9.10. The second-order valence-corrected chi connectivity index (χ2v) is 7.82. The van der Waals surface area contributed by atoms with E-state index in [-0.39, 0.29) is 16.4 Å². The number of anilines is 1. The molecule has 3 heterocycles. The van der Waals surface area contributed by atoms with Crippen molar-refractivity contribution in [2.45, 2.75) is 6.92 Å². The molecule has 156 valence electrons. The minimum absolute atomic E-state index is 0.145. The topological polar surface area (TPSA) is 127 Å². The van der Waals surface area contributed by atoms with Crippen molar-refractivity contribution in [3.05, 3.63) is 55.5 Å². The molecule has 3 N–H and O–H groups in total. The second kappa shape index (κ2) is 9.24. The maximum Gasteiger partial charge on any atom is 0.425 e. The highest BCUT2D eigenvalue weighted by atomic mass is 79.9. The number of carbonyl (C=O) groups excluding carboxylic acids is 3. The third-order valence-electron chi connectivity index (χ3n) is 3.74. The number of ether oxygens (including phenoxy) is 1. The molecule has 0 aromatic carbocycles. The summed E-state index contributed by atoms with van der Waals surface area (Å²) in [5.41, 5.74) is 5.40. The summed E-state index contributed by atoms with van der Waals surface area (Å²) in [7, 11) is 1.16. The lowest BCUT2D eigenvalue weighted by atomic mass is 10.2. The second-order valence-electron chi connectivity index (χ2n) is 5.72. The molecule has 0 fully saturated rings. The average molecular weight is 514 g/mol. The average Bonchev–Trinajstić information content (AvgIpc) is 3.29. The lowest BCUT2D eigenvalue weighted by Gasteiger charge is -2.11. The molecule has 0 unspecified atom stereocenters. The quantitative estimate of drug-likeness (QED) is 0.459. The zero-order valence-corrected chi connectivity index (χ0v) is 18.7. The molecule has 30 heavy (non-hydrogen) atoms. The molecule has 0 bridgehead atoms. The monoisotopic (exact) mass is 512 g/mol. The zero-order chi connectivity index (χ0) is 21.8. The normalized spacial score (nSPS) is 10.4. The van der Waals surface area contributed by atoms with Crippen LogP contribution >= 0.6 is 38.9 Å². The Labute approximate surface area is 187 Å². The molecule has 0 aliphatic carbocycles. The van der Waals surface area contributed by atoms with E-state index in [9.17, 15) is 14.4 Å². The van der Waals surface area contributed by atoms with Crippen LogP contribution in [-0.2, 0) is 4.74 Å². The van der Waals surface area contributed by atoms with Crippen LogP contribution in [-0.4, -0.2) is 39.8 Å². The van der Waals surface area contributed by atoms with Gasteiger partial charge in [-0.2, -0.15) is 5.10 Å². The van der Waals surface area contributed by atoms with E-state index in [0.29, 0.717) is 20.9 Å². The molecule has 0 atom stereocenters. The Kier molecular flexibility index (Phi) is 6.70. The van der Waals surface area contributed by atoms with E-state index < -0.39 is 17.9 Å². The van der Waals surface area contributed by atoms with Crippen molar-refractivity contribution in [3.8, 4) is 5.82 Å². The van der Waals surface area contributed by atoms with Gasteiger partial charge in [-0.3, -0.25) is 15.0 Å². The summed E-state index contributed by atoms with van der Waals surface area (Å²) in [6.45, 7) is 1.74. The maximum absolute atomic E-state index is 13.0. The van der Waals surface area contributed by atoms with Crippen LogP contribution in [0.2, 0.25) is 5.02 Å². The molecule has 3 aromatic heterocycles. The number of nitrogens with zero attached hydrogens (tertiary/aromatic N) is 3. The summed E-state index contributed by atoms with van der Waals surface area (Å²) in [6, 6.07) is 4.79. The van der Waals surface area contributed by atoms with Crippen LogP contribution in [0, 0.1) is 6.92 Å². The lowest BCUT2D eigenvalue weighted by Crippen LogP contribution is -2.41. The highest BCUT2D eigenvalue weighted by Gasteiger charge is 2.23. The molecule has 0 radical (unpaired) electrons. The number of halogens is 2. The highest BCUT2D eigenvalue weighted by Crippen LogP contribution is 2.29. The summed E-state index contributed by atoms with van der Waals surface area (Å²) < 4.78 is 6.09. The molecule has 3 amide bonds. The van der Waals surface area contributed by atoms with Gasteiger partial charge in [-0.05, 0) is 45.9 Å². The number of rotatable bonds is 4. The van der Waals surface area contributed by atoms with E-state index in [1.54, 1.807) is 24.4 Å². The number of hydrogen-bond acceptors (Lipinski definition) is 7. The van der Waals surface area contributed by atoms with Crippen LogP contribution in [0.1, 0.15) is 25.7 Å². The predicted octanol–water partition coefficient (Wildman–Crippen LogP) is 3.31. The fourth-order valence-corrected chi connectivity index (χ4v) is 3.85. The van der Waals surface area contributed by atoms with E-state index in [4.69, 9.17) is 11.6 Å². The summed E-state index contributed by atoms with van der Waals surface area (Å²) in [6.07, 6.45) is 0.696. The number of aromatic nitrogens is 3. The third-order valence-corrected chi connectivity index (χ3v) is 5.51. The van der Waals surface area contributed by atoms with Crippen LogP contribution in [0.25, 0.3) is 5.82 Å². The Morgan fingerprint density at radius 2 is 2.03 bits per heavy atom. The Balaban J connectivity index is 1.88. The minimum atomic E-state index is -0.830. The number of aryl methyl sites for hydroxylation is 1. The van der Waals surface area contributed by atoms with E-state index in [1.807, 2.05) is 0 Å². The van der Waals surface area contributed by atoms with Gasteiger partial charge in [-0.15, -0.1) is 11.3 Å². The zero-order valence-electron chi connectivity index (χ0n) is 15.5. The lowest BCUT2D eigenvalue weighted by molar-refractivity contribution is 0.0925. The summed E-state index contributed by atoms with van der Waals surface area (Å²) in [4.78, 5) is 40.9. The Morgan fingerprint density at radius 3 is 2.73 bits per heavy atom. The van der Waals surface area contributed by atoms with Gasteiger partial charge in [0.25, 0.3) is 11.8 Å². The summed E-state index contributed by atoms with van der Waals surface area (Å²) >= 11 is 10.5. The molecule has 0 aliphatic rings. The van der Waals surface area contributed by atoms with Gasteiger partial charge in [0.05, 0.1) is 17.8 Å². The Morgan fingerprint density at radius 1 is 1.27 bits per heavy atom. The Bertz CT molecular complexity index is 1130. The van der Waals surface area contributed by atoms with Crippen molar-refractivity contribution >= 4 is 62.5 Å². The molecule has 0 saturated carbocycles. The number of pyridine rings is 1. The number of thiophene rings is 1. The number of hydrogen-bond donors (Lipinski definition) is 3. The van der Waals surface area contributed by atoms with Gasteiger partial charge in [0.1, 0.15) is 15.2 Å². The van der Waals surface area contributed by atoms with E-state index in [0.717, 1.165) is 18.4 Å². The van der Waals surface area contributed by atoms with Crippen molar-refractivity contribution < 1.29 is 19.1 Å². The molecule has 0 saturated heterocycles. The van der Waals surface area contributed by atoms with Crippen molar-refractivity contribution in [3.63, 3.8) is 0 Å². The number of nitrogens with one attached hydrogen (secondary N) is 3. The number of hydrazine groups is 1. The summed E-state index contributed by atoms with van der Waals surface area (Å²) in [5, 5.41) is 8.94. The fourth-order valence-electron chi connectivity index (χ4n) is 2.37. The molecule has 0 aliphatic heterocycles. The minimum Gasteiger partial charge on any atom is -0.452 e. The van der Waals surface area contributed by atoms with Crippen molar-refractivity contribution in [2.75, 3.05) is 12.4 Å². The molecular formula is C17H14BrClN6O4S. The largest absolute Gasteiger partial charge is 0.452 e. The van der Waals surface area contributed by atoms with Crippen LogP contribution < -0.4 is 16.2 Å². The van der Waals surface area contributed by atoms with Gasteiger partial charge in [-0.25, -0.2) is 19.9 Å². The molecule has 10 nitrogen and oxygen atoms in total. The molecule has 3 rings (SSSR count). The summed E-state index contributed by atoms with van der Waals surface area (Å²) in [5.74, 6) is -0.875. The number of carbonyl (C=O) groups is 3. The molecule has 13 heteroatoms. The first-order chi connectivity index (χ1) is 14.3. The number of amides is 3.